The van der Waals surface area contributed by atoms with Gasteiger partial charge in [0, 0.05) is 31.8 Å². The number of likely N-dealkylation sites (tertiary alicyclic amines) is 1. The number of hydrogen-bond acceptors (Lipinski definition) is 4. The Hall–Kier alpha value is -3.15. The topological polar surface area (TPSA) is 75.3 Å². The van der Waals surface area contributed by atoms with Crippen molar-refractivity contribution in [3.8, 4) is 5.75 Å². The number of carbonyl (C=O) groups is 2. The molecule has 1 saturated heterocycles. The lowest BCUT2D eigenvalue weighted by atomic mass is 9.95. The summed E-state index contributed by atoms with van der Waals surface area (Å²) in [6.45, 7) is 5.40. The highest BCUT2D eigenvalue weighted by Gasteiger charge is 2.26. The summed E-state index contributed by atoms with van der Waals surface area (Å²) in [4.78, 5) is 35.4. The molecule has 0 unspecified atom stereocenters. The number of aryl methyl sites for hydroxylation is 2. The van der Waals surface area contributed by atoms with Crippen LogP contribution in [0.3, 0.4) is 0 Å². The molecule has 1 aliphatic rings. The lowest BCUT2D eigenvalue weighted by Gasteiger charge is -2.31. The molecule has 6 heteroatoms. The fourth-order valence-corrected chi connectivity index (χ4v) is 4.29. The fraction of sp³-hybridized carbons (Fsp3) is 0.400. The molecule has 1 amide bonds. The van der Waals surface area contributed by atoms with Gasteiger partial charge in [0.25, 0.3) is 0 Å². The molecule has 0 saturated carbocycles. The van der Waals surface area contributed by atoms with Crippen LogP contribution in [0.2, 0.25) is 0 Å². The summed E-state index contributed by atoms with van der Waals surface area (Å²) in [7, 11) is 1.56. The van der Waals surface area contributed by atoms with E-state index in [1.165, 1.54) is 5.56 Å². The molecule has 0 radical (unpaired) electrons. The summed E-state index contributed by atoms with van der Waals surface area (Å²) in [6.07, 6.45) is 2.18. The predicted molar refractivity (Wildman–Crippen MR) is 121 cm³/mol. The van der Waals surface area contributed by atoms with Crippen molar-refractivity contribution in [1.82, 2.24) is 14.9 Å². The number of nitrogens with one attached hydrogen (secondary N) is 1. The number of aromatic nitrogens is 2. The van der Waals surface area contributed by atoms with Crippen LogP contribution < -0.4 is 4.74 Å². The van der Waals surface area contributed by atoms with Crippen LogP contribution in [0.25, 0.3) is 11.0 Å². The summed E-state index contributed by atoms with van der Waals surface area (Å²) in [5, 5.41) is 0. The quantitative estimate of drug-likeness (QED) is 0.595. The zero-order chi connectivity index (χ0) is 22.0. The van der Waals surface area contributed by atoms with Crippen molar-refractivity contribution < 1.29 is 14.3 Å². The van der Waals surface area contributed by atoms with Crippen LogP contribution in [0.4, 0.5) is 0 Å². The van der Waals surface area contributed by atoms with Gasteiger partial charge in [0.2, 0.25) is 5.91 Å². The van der Waals surface area contributed by atoms with E-state index in [0.717, 1.165) is 35.3 Å². The molecular weight excluding hydrogens is 390 g/mol. The van der Waals surface area contributed by atoms with E-state index < -0.39 is 0 Å². The number of methoxy groups -OCH3 is 1. The number of ether oxygens (including phenoxy) is 1. The van der Waals surface area contributed by atoms with E-state index in [9.17, 15) is 9.59 Å². The van der Waals surface area contributed by atoms with E-state index in [1.54, 1.807) is 13.2 Å². The van der Waals surface area contributed by atoms with Crippen LogP contribution in [0.1, 0.15) is 58.9 Å². The number of benzene rings is 2. The fourth-order valence-electron chi connectivity index (χ4n) is 4.29. The first-order valence-corrected chi connectivity index (χ1v) is 10.9. The van der Waals surface area contributed by atoms with E-state index in [4.69, 9.17) is 9.72 Å². The maximum absolute atomic E-state index is 12.7. The number of aromatic amines is 1. The van der Waals surface area contributed by atoms with Crippen molar-refractivity contribution in [3.63, 3.8) is 0 Å². The Kier molecular flexibility index (Phi) is 6.07. The highest BCUT2D eigenvalue weighted by molar-refractivity contribution is 6.00. The van der Waals surface area contributed by atoms with Crippen molar-refractivity contribution in [2.24, 2.45) is 0 Å². The van der Waals surface area contributed by atoms with Gasteiger partial charge in [-0.25, -0.2) is 4.98 Å². The molecule has 31 heavy (non-hydrogen) atoms. The number of Topliss-reactive ketones (excluding diaryl/α,β-unsaturated/α-hetero) is 1. The van der Waals surface area contributed by atoms with Gasteiger partial charge in [0.15, 0.2) is 5.78 Å². The van der Waals surface area contributed by atoms with Crippen molar-refractivity contribution in [3.05, 3.63) is 58.9 Å². The Labute approximate surface area is 182 Å². The van der Waals surface area contributed by atoms with Crippen LogP contribution in [0.5, 0.6) is 5.75 Å². The Morgan fingerprint density at radius 1 is 1.06 bits per heavy atom. The van der Waals surface area contributed by atoms with E-state index in [0.29, 0.717) is 30.3 Å². The van der Waals surface area contributed by atoms with Crippen LogP contribution in [0, 0.1) is 13.8 Å². The summed E-state index contributed by atoms with van der Waals surface area (Å²) in [6, 6.07) is 11.8. The lowest BCUT2D eigenvalue weighted by Crippen LogP contribution is -2.38. The number of imidazole rings is 1. The van der Waals surface area contributed by atoms with E-state index >= 15 is 0 Å². The minimum Gasteiger partial charge on any atom is -0.496 e. The third-order valence-corrected chi connectivity index (χ3v) is 6.11. The monoisotopic (exact) mass is 419 g/mol. The molecule has 1 aromatic heterocycles. The van der Waals surface area contributed by atoms with Gasteiger partial charge in [0.1, 0.15) is 11.6 Å². The van der Waals surface area contributed by atoms with E-state index in [-0.39, 0.29) is 24.5 Å². The number of rotatable bonds is 6. The zero-order valence-electron chi connectivity index (χ0n) is 18.4. The number of amides is 1. The van der Waals surface area contributed by atoms with E-state index in [1.807, 2.05) is 30.0 Å². The molecule has 0 spiro atoms. The molecule has 4 rings (SSSR count). The molecule has 2 aromatic carbocycles. The van der Waals surface area contributed by atoms with Gasteiger partial charge in [-0.3, -0.25) is 9.59 Å². The molecule has 1 N–H and O–H groups in total. The predicted octanol–water partition coefficient (Wildman–Crippen LogP) is 4.56. The Balaban J connectivity index is 1.32. The van der Waals surface area contributed by atoms with Gasteiger partial charge in [-0.05, 0) is 56.5 Å². The summed E-state index contributed by atoms with van der Waals surface area (Å²) in [5.41, 5.74) is 4.82. The molecule has 1 aliphatic heterocycles. The summed E-state index contributed by atoms with van der Waals surface area (Å²) in [5.74, 6) is 1.88. The first kappa shape index (κ1) is 21.1. The van der Waals surface area contributed by atoms with Gasteiger partial charge in [-0.1, -0.05) is 17.7 Å². The van der Waals surface area contributed by atoms with E-state index in [2.05, 4.69) is 24.0 Å². The molecule has 3 aromatic rings. The maximum Gasteiger partial charge on any atom is 0.223 e. The van der Waals surface area contributed by atoms with Crippen molar-refractivity contribution in [2.75, 3.05) is 20.2 Å². The third-order valence-electron chi connectivity index (χ3n) is 6.11. The van der Waals surface area contributed by atoms with Crippen molar-refractivity contribution in [2.45, 2.75) is 45.4 Å². The summed E-state index contributed by atoms with van der Waals surface area (Å²) >= 11 is 0. The molecular formula is C25H29N3O3. The molecule has 0 atom stereocenters. The average Bonchev–Trinajstić information content (AvgIpc) is 3.20. The SMILES string of the molecule is COc1ccc(C)cc1C(=O)CCC(=O)N1CCC(c2nc3ccc(C)cc3[nH]2)CC1. The molecule has 0 bridgehead atoms. The smallest absolute Gasteiger partial charge is 0.223 e. The number of fused-ring (bicyclic) bond motifs is 1. The number of hydrogen-bond donors (Lipinski definition) is 1. The van der Waals surface area contributed by atoms with Gasteiger partial charge in [-0.15, -0.1) is 0 Å². The maximum atomic E-state index is 12.7. The Morgan fingerprint density at radius 3 is 2.52 bits per heavy atom. The lowest BCUT2D eigenvalue weighted by molar-refractivity contribution is -0.132. The summed E-state index contributed by atoms with van der Waals surface area (Å²) < 4.78 is 5.30. The molecule has 2 heterocycles. The van der Waals surface area contributed by atoms with Crippen molar-refractivity contribution >= 4 is 22.7 Å². The Bertz CT molecular complexity index is 1110. The second-order valence-corrected chi connectivity index (χ2v) is 8.42. The number of nitrogens with zero attached hydrogens (tertiary/aromatic N) is 2. The van der Waals surface area contributed by atoms with Crippen LogP contribution in [0.15, 0.2) is 36.4 Å². The first-order valence-electron chi connectivity index (χ1n) is 10.9. The Morgan fingerprint density at radius 2 is 1.77 bits per heavy atom. The molecule has 1 fully saturated rings. The zero-order valence-corrected chi connectivity index (χ0v) is 18.4. The van der Waals surface area contributed by atoms with Crippen LogP contribution in [-0.4, -0.2) is 46.8 Å². The minimum absolute atomic E-state index is 0.0404. The van der Waals surface area contributed by atoms with Gasteiger partial charge < -0.3 is 14.6 Å². The second-order valence-electron chi connectivity index (χ2n) is 8.42. The average molecular weight is 420 g/mol. The third kappa shape index (κ3) is 4.63. The first-order chi connectivity index (χ1) is 14.9. The number of H-pyrrole nitrogens is 1. The number of piperidine rings is 1. The largest absolute Gasteiger partial charge is 0.496 e. The molecule has 162 valence electrons. The number of ketones is 1. The van der Waals surface area contributed by atoms with Crippen LogP contribution in [-0.2, 0) is 4.79 Å². The van der Waals surface area contributed by atoms with Crippen LogP contribution >= 0.6 is 0 Å². The normalized spacial score (nSPS) is 14.7. The highest BCUT2D eigenvalue weighted by Crippen LogP contribution is 2.28. The standard InChI is InChI=1S/C25H29N3O3/c1-16-5-8-23(31-3)19(14-16)22(29)7-9-24(30)28-12-10-18(11-13-28)25-26-20-6-4-17(2)15-21(20)27-25/h4-6,8,14-15,18H,7,9-13H2,1-3H3,(H,26,27). The molecule has 6 nitrogen and oxygen atoms in total. The highest BCUT2D eigenvalue weighted by atomic mass is 16.5. The van der Waals surface area contributed by atoms with Crippen molar-refractivity contribution in [1.29, 1.82) is 0 Å². The molecule has 0 aliphatic carbocycles. The van der Waals surface area contributed by atoms with Gasteiger partial charge in [-0.2, -0.15) is 0 Å². The number of carbonyl (C=O) groups excluding carboxylic acids is 2. The van der Waals surface area contributed by atoms with Gasteiger partial charge >= 0.3 is 0 Å². The second kappa shape index (κ2) is 8.92. The van der Waals surface area contributed by atoms with Gasteiger partial charge in [0.05, 0.1) is 23.7 Å². The minimum atomic E-state index is -0.0543.